The van der Waals surface area contributed by atoms with Crippen LogP contribution >= 0.6 is 0 Å². The van der Waals surface area contributed by atoms with Gasteiger partial charge < -0.3 is 53.2 Å². The van der Waals surface area contributed by atoms with E-state index in [1.54, 1.807) is 12.1 Å². The Hall–Kier alpha value is -9.14. The van der Waals surface area contributed by atoms with Crippen LogP contribution in [0.5, 0.6) is 40.2 Å². The molecule has 5 rings (SSSR count). The molecule has 0 atom stereocenters. The fraction of sp³-hybridized carbons (Fsp3) is 0.208. The van der Waals surface area contributed by atoms with Gasteiger partial charge in [0.2, 0.25) is 23.3 Å². The third-order valence-electron chi connectivity index (χ3n) is 8.64. The van der Waals surface area contributed by atoms with E-state index in [9.17, 15) is 46.3 Å². The molecule has 0 spiro atoms. The van der Waals surface area contributed by atoms with Gasteiger partial charge in [0.25, 0.3) is 0 Å². The number of rotatable bonds is 23. The molecule has 17 nitrogen and oxygen atoms in total. The lowest BCUT2D eigenvalue weighted by atomic mass is 10.2. The van der Waals surface area contributed by atoms with Crippen LogP contribution in [-0.4, -0.2) is 90.8 Å². The lowest BCUT2D eigenvalue weighted by molar-refractivity contribution is -0.138. The highest BCUT2D eigenvalue weighted by Crippen LogP contribution is 2.29. The molecular formula is C53H54F4O17. The molecule has 0 saturated carbocycles. The summed E-state index contributed by atoms with van der Waals surface area (Å²) in [5.74, 6) is -11.9. The second-order valence-electron chi connectivity index (χ2n) is 13.8. The number of carbonyl (C=O) groups is 6. The van der Waals surface area contributed by atoms with Gasteiger partial charge in [-0.25, -0.2) is 28.8 Å². The number of ether oxygens (including phenoxy) is 8. The summed E-state index contributed by atoms with van der Waals surface area (Å²) >= 11 is 0. The number of hydrogen-bond acceptors (Lipinski definition) is 16. The van der Waals surface area contributed by atoms with Crippen molar-refractivity contribution in [2.75, 3.05) is 39.6 Å². The predicted molar refractivity (Wildman–Crippen MR) is 260 cm³/mol. The molecule has 5 aromatic rings. The van der Waals surface area contributed by atoms with E-state index in [4.69, 9.17) is 53.2 Å². The Kier molecular flexibility index (Phi) is 28.4. The second-order valence-corrected chi connectivity index (χ2v) is 13.8. The van der Waals surface area contributed by atoms with E-state index in [-0.39, 0.29) is 64.6 Å². The summed E-state index contributed by atoms with van der Waals surface area (Å²) in [4.78, 5) is 68.2. The minimum atomic E-state index is -1.52. The van der Waals surface area contributed by atoms with Crippen molar-refractivity contribution in [3.63, 3.8) is 0 Å². The number of carboxylic acid groups (broad SMARTS) is 1. The maximum absolute atomic E-state index is 14.7. The molecule has 0 aromatic heterocycles. The van der Waals surface area contributed by atoms with Crippen LogP contribution in [0.15, 0.2) is 135 Å². The van der Waals surface area contributed by atoms with Gasteiger partial charge in [-0.2, -0.15) is 17.6 Å². The first kappa shape index (κ1) is 62.9. The average molecular weight is 1040 g/mol. The SMILES string of the molecule is C.C.C=CC(=O)OCCCOc1ccc(C(=O)O)cc1.C=CC(=O)OCCCOc1ccc(C(=O)Oc2ccc(OC(=O)c3ccc(OCCCOC(=O)C=C)cc3)c(F)c2F)cc1.Oc1ccc(O)c(F)c1F. The standard InChI is InChI=1S/C32H28F2O10.C13H14O5.C6H4F2O2.2CH4/c1-3-27(35)41-19-5-17-39-23-11-7-21(8-12-23)31(37)43-25-15-16-26(30(34)29(25)33)44-32(38)22-9-13-24(14-10-22)40-18-6-20-42-28(36)4-2;1-2-12(14)18-9-3-8-17-11-6-4-10(5-7-11)13(15)16;7-5-3(9)1-2-4(10)6(5)8;;/h3-4,7-16H,1-2,5-6,17-20H2;2,4-7H,1,3,8-9H2,(H,15,16);1-2,9-10H;2*1H4. The minimum Gasteiger partial charge on any atom is -0.505 e. The summed E-state index contributed by atoms with van der Waals surface area (Å²) in [5, 5.41) is 25.7. The Morgan fingerprint density at radius 2 is 0.703 bits per heavy atom. The molecule has 5 aromatic carbocycles. The van der Waals surface area contributed by atoms with E-state index in [1.807, 2.05) is 0 Å². The van der Waals surface area contributed by atoms with Crippen molar-refractivity contribution in [3.05, 3.63) is 175 Å². The summed E-state index contributed by atoms with van der Waals surface area (Å²) in [6.45, 7) is 11.3. The second kappa shape index (κ2) is 33.4. The first-order valence-electron chi connectivity index (χ1n) is 21.1. The highest BCUT2D eigenvalue weighted by Gasteiger charge is 2.21. The van der Waals surface area contributed by atoms with Crippen LogP contribution in [0.3, 0.4) is 0 Å². The molecule has 0 fully saturated rings. The number of esters is 5. The molecule has 0 aliphatic carbocycles. The Labute approximate surface area is 423 Å². The van der Waals surface area contributed by atoms with Crippen molar-refractivity contribution in [1.29, 1.82) is 0 Å². The van der Waals surface area contributed by atoms with Crippen molar-refractivity contribution < 1.29 is 99.5 Å². The first-order valence-corrected chi connectivity index (χ1v) is 21.1. The van der Waals surface area contributed by atoms with Gasteiger partial charge >= 0.3 is 35.8 Å². The van der Waals surface area contributed by atoms with Crippen molar-refractivity contribution >= 4 is 35.8 Å². The molecule has 3 N–H and O–H groups in total. The third kappa shape index (κ3) is 21.9. The number of carbonyl (C=O) groups excluding carboxylic acids is 5. The van der Waals surface area contributed by atoms with Gasteiger partial charge in [-0.1, -0.05) is 34.6 Å². The highest BCUT2D eigenvalue weighted by molar-refractivity contribution is 5.92. The molecule has 0 radical (unpaired) electrons. The zero-order chi connectivity index (χ0) is 53.0. The number of halogens is 4. The number of aromatic hydroxyl groups is 2. The fourth-order valence-electron chi connectivity index (χ4n) is 5.03. The molecule has 0 saturated heterocycles. The van der Waals surface area contributed by atoms with E-state index in [2.05, 4.69) is 19.7 Å². The zero-order valence-corrected chi connectivity index (χ0v) is 38.0. The normalized spacial score (nSPS) is 9.73. The maximum atomic E-state index is 14.7. The summed E-state index contributed by atoms with van der Waals surface area (Å²) in [7, 11) is 0. The van der Waals surface area contributed by atoms with Crippen LogP contribution in [0, 0.1) is 23.3 Å². The number of phenolic OH excluding ortho intramolecular Hbond substituents is 2. The molecule has 21 heteroatoms. The Bertz CT molecular complexity index is 2520. The third-order valence-corrected chi connectivity index (χ3v) is 8.64. The molecule has 74 heavy (non-hydrogen) atoms. The fourth-order valence-corrected chi connectivity index (χ4v) is 5.03. The van der Waals surface area contributed by atoms with Crippen LogP contribution in [-0.2, 0) is 28.6 Å². The summed E-state index contributed by atoms with van der Waals surface area (Å²) in [6, 6.07) is 21.2. The lowest BCUT2D eigenvalue weighted by Gasteiger charge is -2.11. The van der Waals surface area contributed by atoms with Crippen molar-refractivity contribution in [2.45, 2.75) is 34.1 Å². The van der Waals surface area contributed by atoms with Gasteiger partial charge in [0.1, 0.15) is 17.2 Å². The maximum Gasteiger partial charge on any atom is 0.343 e. The molecule has 0 aliphatic rings. The summed E-state index contributed by atoms with van der Waals surface area (Å²) in [5.41, 5.74) is 0.287. The van der Waals surface area contributed by atoms with Gasteiger partial charge in [-0.15, -0.1) is 0 Å². The van der Waals surface area contributed by atoms with Crippen molar-refractivity contribution in [1.82, 2.24) is 0 Å². The van der Waals surface area contributed by atoms with E-state index in [0.717, 1.165) is 42.5 Å². The molecule has 0 unspecified atom stereocenters. The zero-order valence-electron chi connectivity index (χ0n) is 38.0. The predicted octanol–water partition coefficient (Wildman–Crippen LogP) is 9.93. The summed E-state index contributed by atoms with van der Waals surface area (Å²) < 4.78 is 94.5. The number of carboxylic acids is 1. The smallest absolute Gasteiger partial charge is 0.343 e. The average Bonchev–Trinajstić information content (AvgIpc) is 3.39. The Balaban J connectivity index is 0.000000744. The molecule has 0 amide bonds. The Morgan fingerprint density at radius 1 is 0.419 bits per heavy atom. The van der Waals surface area contributed by atoms with Gasteiger partial charge in [-0.3, -0.25) is 0 Å². The largest absolute Gasteiger partial charge is 0.505 e. The molecule has 396 valence electrons. The number of benzene rings is 5. The monoisotopic (exact) mass is 1040 g/mol. The van der Waals surface area contributed by atoms with Crippen LogP contribution < -0.4 is 23.7 Å². The van der Waals surface area contributed by atoms with Gasteiger partial charge in [-0.05, 0) is 97.1 Å². The van der Waals surface area contributed by atoms with Crippen LogP contribution in [0.1, 0.15) is 65.2 Å². The molecular weight excluding hydrogens is 985 g/mol. The number of phenols is 2. The van der Waals surface area contributed by atoms with E-state index in [1.165, 1.54) is 60.7 Å². The first-order chi connectivity index (χ1) is 34.5. The van der Waals surface area contributed by atoms with Crippen molar-refractivity contribution in [2.24, 2.45) is 0 Å². The van der Waals surface area contributed by atoms with Crippen LogP contribution in [0.25, 0.3) is 0 Å². The van der Waals surface area contributed by atoms with Crippen LogP contribution in [0.2, 0.25) is 0 Å². The lowest BCUT2D eigenvalue weighted by Crippen LogP contribution is -2.12. The van der Waals surface area contributed by atoms with E-state index < -0.39 is 82.1 Å². The van der Waals surface area contributed by atoms with E-state index >= 15 is 0 Å². The number of hydrogen-bond donors (Lipinski definition) is 3. The van der Waals surface area contributed by atoms with Gasteiger partial charge in [0.15, 0.2) is 23.0 Å². The quantitative estimate of drug-likeness (QED) is 0.0105. The molecule has 0 aliphatic heterocycles. The summed E-state index contributed by atoms with van der Waals surface area (Å²) in [6.07, 6.45) is 4.63. The molecule has 0 bridgehead atoms. The van der Waals surface area contributed by atoms with E-state index in [0.29, 0.717) is 43.1 Å². The van der Waals surface area contributed by atoms with Gasteiger partial charge in [0.05, 0.1) is 56.3 Å². The molecule has 0 heterocycles. The van der Waals surface area contributed by atoms with Crippen molar-refractivity contribution in [3.8, 4) is 40.2 Å². The Morgan fingerprint density at radius 3 is 0.973 bits per heavy atom. The van der Waals surface area contributed by atoms with Crippen LogP contribution in [0.4, 0.5) is 17.6 Å². The van der Waals surface area contributed by atoms with Gasteiger partial charge in [0, 0.05) is 37.5 Å². The highest BCUT2D eigenvalue weighted by atomic mass is 19.2. The topological polar surface area (TPSA) is 237 Å². The number of aromatic carboxylic acids is 1. The minimum absolute atomic E-state index is 0.